The summed E-state index contributed by atoms with van der Waals surface area (Å²) in [7, 11) is 0. The monoisotopic (exact) mass is 285 g/mol. The van der Waals surface area contributed by atoms with Gasteiger partial charge in [-0.1, -0.05) is 31.2 Å². The Bertz CT molecular complexity index is 722. The fourth-order valence-corrected chi connectivity index (χ4v) is 3.41. The SMILES string of the molecule is CCc1c(-c2ccc(CCN)cc2)nc2sc(C)cn12. The molecule has 0 amide bonds. The fourth-order valence-electron chi connectivity index (χ4n) is 2.57. The summed E-state index contributed by atoms with van der Waals surface area (Å²) < 4.78 is 2.23. The quantitative estimate of drug-likeness (QED) is 0.798. The Labute approximate surface area is 123 Å². The van der Waals surface area contributed by atoms with Gasteiger partial charge in [0.1, 0.15) is 0 Å². The van der Waals surface area contributed by atoms with Crippen LogP contribution in [-0.2, 0) is 12.8 Å². The maximum absolute atomic E-state index is 5.59. The minimum absolute atomic E-state index is 0.693. The van der Waals surface area contributed by atoms with Crippen LogP contribution in [0.5, 0.6) is 0 Å². The Kier molecular flexibility index (Phi) is 3.59. The molecule has 2 heterocycles. The van der Waals surface area contributed by atoms with Crippen LogP contribution in [0.15, 0.2) is 30.5 Å². The van der Waals surface area contributed by atoms with E-state index in [1.54, 1.807) is 11.3 Å². The highest BCUT2D eigenvalue weighted by atomic mass is 32.1. The third-order valence-corrected chi connectivity index (χ3v) is 4.43. The minimum atomic E-state index is 0.693. The number of imidazole rings is 1. The highest BCUT2D eigenvalue weighted by molar-refractivity contribution is 7.17. The summed E-state index contributed by atoms with van der Waals surface area (Å²) in [6.07, 6.45) is 4.09. The van der Waals surface area contributed by atoms with Crippen LogP contribution < -0.4 is 5.73 Å². The van der Waals surface area contributed by atoms with E-state index in [2.05, 4.69) is 48.7 Å². The molecule has 3 aromatic rings. The van der Waals surface area contributed by atoms with Gasteiger partial charge < -0.3 is 5.73 Å². The number of rotatable bonds is 4. The first-order valence-electron chi connectivity index (χ1n) is 6.99. The molecule has 4 heteroatoms. The highest BCUT2D eigenvalue weighted by Gasteiger charge is 2.14. The zero-order valence-electron chi connectivity index (χ0n) is 11.9. The topological polar surface area (TPSA) is 43.3 Å². The molecule has 0 aliphatic rings. The van der Waals surface area contributed by atoms with Crippen molar-refractivity contribution in [2.45, 2.75) is 26.7 Å². The van der Waals surface area contributed by atoms with E-state index in [1.165, 1.54) is 21.7 Å². The van der Waals surface area contributed by atoms with E-state index in [9.17, 15) is 0 Å². The van der Waals surface area contributed by atoms with Crippen molar-refractivity contribution in [3.05, 3.63) is 46.6 Å². The summed E-state index contributed by atoms with van der Waals surface area (Å²) in [5.41, 5.74) is 10.5. The van der Waals surface area contributed by atoms with E-state index in [4.69, 9.17) is 10.7 Å². The Morgan fingerprint density at radius 2 is 2.00 bits per heavy atom. The lowest BCUT2D eigenvalue weighted by Gasteiger charge is -2.04. The molecule has 0 radical (unpaired) electrons. The van der Waals surface area contributed by atoms with E-state index >= 15 is 0 Å². The molecule has 0 aliphatic heterocycles. The predicted octanol–water partition coefficient (Wildman–Crippen LogP) is 3.43. The summed E-state index contributed by atoms with van der Waals surface area (Å²) in [6, 6.07) is 8.62. The smallest absolute Gasteiger partial charge is 0.194 e. The summed E-state index contributed by atoms with van der Waals surface area (Å²) in [6.45, 7) is 5.00. The minimum Gasteiger partial charge on any atom is -0.330 e. The van der Waals surface area contributed by atoms with Crippen LogP contribution >= 0.6 is 11.3 Å². The number of hydrogen-bond acceptors (Lipinski definition) is 3. The van der Waals surface area contributed by atoms with Gasteiger partial charge in [-0.05, 0) is 31.9 Å². The molecule has 0 bridgehead atoms. The van der Waals surface area contributed by atoms with Crippen LogP contribution in [0.1, 0.15) is 23.1 Å². The molecular formula is C16H19N3S. The molecule has 0 fully saturated rings. The second-order valence-electron chi connectivity index (χ2n) is 4.99. The van der Waals surface area contributed by atoms with Crippen molar-refractivity contribution in [3.63, 3.8) is 0 Å². The van der Waals surface area contributed by atoms with Crippen molar-refractivity contribution in [1.29, 1.82) is 0 Å². The maximum atomic E-state index is 5.59. The third kappa shape index (κ3) is 2.25. The zero-order valence-corrected chi connectivity index (χ0v) is 12.7. The van der Waals surface area contributed by atoms with E-state index in [1.807, 2.05) is 0 Å². The van der Waals surface area contributed by atoms with Gasteiger partial charge in [-0.25, -0.2) is 4.98 Å². The molecule has 0 saturated carbocycles. The van der Waals surface area contributed by atoms with Crippen molar-refractivity contribution in [2.24, 2.45) is 5.73 Å². The maximum Gasteiger partial charge on any atom is 0.194 e. The second kappa shape index (κ2) is 5.38. The molecule has 20 heavy (non-hydrogen) atoms. The lowest BCUT2D eigenvalue weighted by atomic mass is 10.1. The number of hydrogen-bond donors (Lipinski definition) is 1. The molecular weight excluding hydrogens is 266 g/mol. The predicted molar refractivity (Wildman–Crippen MR) is 85.4 cm³/mol. The van der Waals surface area contributed by atoms with E-state index in [-0.39, 0.29) is 0 Å². The Balaban J connectivity index is 2.06. The molecule has 0 saturated heterocycles. The molecule has 104 valence electrons. The first-order valence-corrected chi connectivity index (χ1v) is 7.81. The Hall–Kier alpha value is -1.65. The van der Waals surface area contributed by atoms with Crippen molar-refractivity contribution >= 4 is 16.3 Å². The van der Waals surface area contributed by atoms with Gasteiger partial charge in [0, 0.05) is 16.6 Å². The van der Waals surface area contributed by atoms with Crippen molar-refractivity contribution in [1.82, 2.24) is 9.38 Å². The lowest BCUT2D eigenvalue weighted by Crippen LogP contribution is -2.02. The Morgan fingerprint density at radius 1 is 1.25 bits per heavy atom. The molecule has 2 aromatic heterocycles. The largest absolute Gasteiger partial charge is 0.330 e. The fraction of sp³-hybridized carbons (Fsp3) is 0.312. The van der Waals surface area contributed by atoms with Gasteiger partial charge in [-0.15, -0.1) is 11.3 Å². The number of aromatic nitrogens is 2. The van der Waals surface area contributed by atoms with Gasteiger partial charge in [-0.3, -0.25) is 4.40 Å². The molecule has 0 unspecified atom stereocenters. The van der Waals surface area contributed by atoms with Gasteiger partial charge in [0.2, 0.25) is 0 Å². The average molecular weight is 285 g/mol. The van der Waals surface area contributed by atoms with E-state index < -0.39 is 0 Å². The third-order valence-electron chi connectivity index (χ3n) is 3.54. The van der Waals surface area contributed by atoms with Gasteiger partial charge in [-0.2, -0.15) is 0 Å². The molecule has 3 nitrogen and oxygen atoms in total. The van der Waals surface area contributed by atoms with Gasteiger partial charge in [0.15, 0.2) is 4.96 Å². The normalized spacial score (nSPS) is 11.3. The van der Waals surface area contributed by atoms with Crippen LogP contribution in [0.3, 0.4) is 0 Å². The summed E-state index contributed by atoms with van der Waals surface area (Å²) >= 11 is 1.74. The van der Waals surface area contributed by atoms with Crippen LogP contribution in [0, 0.1) is 6.92 Å². The lowest BCUT2D eigenvalue weighted by molar-refractivity contribution is 0.968. The number of fused-ring (bicyclic) bond motifs is 1. The summed E-state index contributed by atoms with van der Waals surface area (Å²) in [5, 5.41) is 0. The van der Waals surface area contributed by atoms with E-state index in [0.717, 1.165) is 23.5 Å². The molecule has 3 rings (SSSR count). The van der Waals surface area contributed by atoms with Gasteiger partial charge >= 0.3 is 0 Å². The number of benzene rings is 1. The summed E-state index contributed by atoms with van der Waals surface area (Å²) in [4.78, 5) is 7.19. The summed E-state index contributed by atoms with van der Waals surface area (Å²) in [5.74, 6) is 0. The van der Waals surface area contributed by atoms with Crippen molar-refractivity contribution in [2.75, 3.05) is 6.54 Å². The molecule has 2 N–H and O–H groups in total. The van der Waals surface area contributed by atoms with Crippen molar-refractivity contribution < 1.29 is 0 Å². The zero-order chi connectivity index (χ0) is 14.1. The molecule has 0 spiro atoms. The first-order chi connectivity index (χ1) is 9.72. The molecule has 0 atom stereocenters. The number of nitrogens with zero attached hydrogens (tertiary/aromatic N) is 2. The molecule has 0 aliphatic carbocycles. The van der Waals surface area contributed by atoms with Crippen LogP contribution in [0.25, 0.3) is 16.2 Å². The number of nitrogens with two attached hydrogens (primary N) is 1. The standard InChI is InChI=1S/C16H19N3S/c1-3-14-15(18-16-19(14)10-11(2)20-16)13-6-4-12(5-7-13)8-9-17/h4-7,10H,3,8-9,17H2,1-2H3. The first kappa shape index (κ1) is 13.3. The molecule has 1 aromatic carbocycles. The van der Waals surface area contributed by atoms with Crippen LogP contribution in [-0.4, -0.2) is 15.9 Å². The van der Waals surface area contributed by atoms with Crippen LogP contribution in [0.2, 0.25) is 0 Å². The van der Waals surface area contributed by atoms with Crippen LogP contribution in [0.4, 0.5) is 0 Å². The number of aryl methyl sites for hydroxylation is 2. The van der Waals surface area contributed by atoms with Crippen molar-refractivity contribution in [3.8, 4) is 11.3 Å². The van der Waals surface area contributed by atoms with Gasteiger partial charge in [0.05, 0.1) is 11.4 Å². The highest BCUT2D eigenvalue weighted by Crippen LogP contribution is 2.28. The number of thiazole rings is 1. The average Bonchev–Trinajstić information content (AvgIpc) is 2.95. The van der Waals surface area contributed by atoms with Gasteiger partial charge in [0.25, 0.3) is 0 Å². The van der Waals surface area contributed by atoms with E-state index in [0.29, 0.717) is 6.54 Å². The second-order valence-corrected chi connectivity index (χ2v) is 6.20. The Morgan fingerprint density at radius 3 is 2.65 bits per heavy atom.